The molecule has 0 unspecified atom stereocenters. The molecule has 1 aromatic heterocycles. The van der Waals surface area contributed by atoms with Gasteiger partial charge in [-0.1, -0.05) is 30.3 Å². The van der Waals surface area contributed by atoms with Gasteiger partial charge in [-0.3, -0.25) is 14.5 Å². The molecule has 0 aliphatic carbocycles. The van der Waals surface area contributed by atoms with Gasteiger partial charge in [0.25, 0.3) is 11.1 Å². The van der Waals surface area contributed by atoms with E-state index in [4.69, 9.17) is 0 Å². The fourth-order valence-electron chi connectivity index (χ4n) is 2.99. The lowest BCUT2D eigenvalue weighted by Gasteiger charge is -2.05. The molecule has 0 spiro atoms. The Balaban J connectivity index is 1.76. The zero-order chi connectivity index (χ0) is 18.3. The lowest BCUT2D eigenvalue weighted by Crippen LogP contribution is -2.22. The summed E-state index contributed by atoms with van der Waals surface area (Å²) in [6.45, 7) is 0.587. The quantitative estimate of drug-likeness (QED) is 0.641. The van der Waals surface area contributed by atoms with Gasteiger partial charge in [0.1, 0.15) is 5.82 Å². The van der Waals surface area contributed by atoms with E-state index in [1.807, 2.05) is 30.5 Å². The topological polar surface area (TPSA) is 42.3 Å². The molecule has 130 valence electrons. The van der Waals surface area contributed by atoms with Gasteiger partial charge in [0, 0.05) is 36.3 Å². The van der Waals surface area contributed by atoms with Gasteiger partial charge in [0.15, 0.2) is 0 Å². The van der Waals surface area contributed by atoms with Crippen molar-refractivity contribution in [2.24, 2.45) is 0 Å². The monoisotopic (exact) mass is 366 g/mol. The Hall–Kier alpha value is -2.86. The van der Waals surface area contributed by atoms with Crippen molar-refractivity contribution in [3.05, 3.63) is 76.6 Å². The Labute approximate surface area is 153 Å². The predicted molar refractivity (Wildman–Crippen MR) is 101 cm³/mol. The van der Waals surface area contributed by atoms with Crippen LogP contribution in [0.5, 0.6) is 0 Å². The van der Waals surface area contributed by atoms with Crippen LogP contribution in [0.25, 0.3) is 17.0 Å². The SMILES string of the molecule is CN1C(=O)S/C(=C\c2cn(Cc3ccc(F)cc3)c3ccccc23)C1=O. The Morgan fingerprint density at radius 3 is 2.50 bits per heavy atom. The van der Waals surface area contributed by atoms with Gasteiger partial charge >= 0.3 is 0 Å². The fourth-order valence-corrected chi connectivity index (χ4v) is 3.81. The van der Waals surface area contributed by atoms with E-state index in [-0.39, 0.29) is 17.0 Å². The van der Waals surface area contributed by atoms with Crippen LogP contribution in [0, 0.1) is 5.82 Å². The summed E-state index contributed by atoms with van der Waals surface area (Å²) in [6, 6.07) is 14.3. The van der Waals surface area contributed by atoms with E-state index in [1.54, 1.807) is 18.2 Å². The average Bonchev–Trinajstić information content (AvgIpc) is 3.10. The second kappa shape index (κ2) is 6.46. The number of imide groups is 1. The van der Waals surface area contributed by atoms with Crippen LogP contribution in [0.2, 0.25) is 0 Å². The molecule has 1 aliphatic rings. The van der Waals surface area contributed by atoms with Gasteiger partial charge in [0.2, 0.25) is 0 Å². The first kappa shape index (κ1) is 16.6. The Kier molecular flexibility index (Phi) is 4.12. The highest BCUT2D eigenvalue weighted by Gasteiger charge is 2.32. The highest BCUT2D eigenvalue weighted by molar-refractivity contribution is 8.18. The molecule has 1 aliphatic heterocycles. The van der Waals surface area contributed by atoms with E-state index in [9.17, 15) is 14.0 Å². The molecule has 0 radical (unpaired) electrons. The highest BCUT2D eigenvalue weighted by Crippen LogP contribution is 2.33. The van der Waals surface area contributed by atoms with Crippen LogP contribution in [-0.2, 0) is 11.3 Å². The van der Waals surface area contributed by atoms with Crippen molar-refractivity contribution >= 4 is 39.9 Å². The van der Waals surface area contributed by atoms with E-state index < -0.39 is 0 Å². The largest absolute Gasteiger partial charge is 0.342 e. The van der Waals surface area contributed by atoms with Gasteiger partial charge < -0.3 is 4.57 Å². The number of rotatable bonds is 3. The summed E-state index contributed by atoms with van der Waals surface area (Å²) in [6.07, 6.45) is 3.72. The molecule has 2 heterocycles. The first-order chi connectivity index (χ1) is 12.5. The molecule has 0 saturated carbocycles. The molecule has 1 saturated heterocycles. The number of hydrogen-bond acceptors (Lipinski definition) is 3. The van der Waals surface area contributed by atoms with Crippen LogP contribution >= 0.6 is 11.8 Å². The number of carbonyl (C=O) groups excluding carboxylic acids is 2. The standard InChI is InChI=1S/C20H15FN2O2S/c1-22-19(24)18(26-20(22)25)10-14-12-23(17-5-3-2-4-16(14)17)11-13-6-8-15(21)9-7-13/h2-10,12H,11H2,1H3/b18-10-. The lowest BCUT2D eigenvalue weighted by atomic mass is 10.1. The molecule has 4 nitrogen and oxygen atoms in total. The van der Waals surface area contributed by atoms with Gasteiger partial charge in [-0.05, 0) is 41.6 Å². The third-order valence-electron chi connectivity index (χ3n) is 4.36. The van der Waals surface area contributed by atoms with Gasteiger partial charge in [-0.15, -0.1) is 0 Å². The normalized spacial score (nSPS) is 16.2. The minimum atomic E-state index is -0.282. The first-order valence-corrected chi connectivity index (χ1v) is 8.88. The van der Waals surface area contributed by atoms with E-state index in [0.717, 1.165) is 38.7 Å². The molecule has 4 rings (SSSR count). The second-order valence-electron chi connectivity index (χ2n) is 6.10. The molecular weight excluding hydrogens is 351 g/mol. The molecule has 2 aromatic carbocycles. The maximum atomic E-state index is 13.1. The van der Waals surface area contributed by atoms with E-state index in [1.165, 1.54) is 19.2 Å². The van der Waals surface area contributed by atoms with Crippen LogP contribution in [-0.4, -0.2) is 27.7 Å². The van der Waals surface area contributed by atoms with Crippen molar-refractivity contribution < 1.29 is 14.0 Å². The van der Waals surface area contributed by atoms with Gasteiger partial charge in [-0.25, -0.2) is 4.39 Å². The molecule has 0 atom stereocenters. The Morgan fingerprint density at radius 2 is 1.81 bits per heavy atom. The van der Waals surface area contributed by atoms with Crippen LogP contribution < -0.4 is 0 Å². The summed E-state index contributed by atoms with van der Waals surface area (Å²) in [5.74, 6) is -0.544. The molecule has 0 N–H and O–H groups in total. The number of halogens is 1. The summed E-state index contributed by atoms with van der Waals surface area (Å²) >= 11 is 0.948. The number of benzene rings is 2. The summed E-state index contributed by atoms with van der Waals surface area (Å²) in [5.41, 5.74) is 2.87. The van der Waals surface area contributed by atoms with Crippen molar-refractivity contribution in [1.82, 2.24) is 9.47 Å². The van der Waals surface area contributed by atoms with Crippen molar-refractivity contribution in [3.8, 4) is 0 Å². The summed E-state index contributed by atoms with van der Waals surface area (Å²) < 4.78 is 15.2. The minimum Gasteiger partial charge on any atom is -0.342 e. The number of nitrogens with zero attached hydrogens (tertiary/aromatic N) is 2. The van der Waals surface area contributed by atoms with Crippen molar-refractivity contribution in [3.63, 3.8) is 0 Å². The van der Waals surface area contributed by atoms with Crippen LogP contribution in [0.3, 0.4) is 0 Å². The fraction of sp³-hybridized carbons (Fsp3) is 0.100. The number of amides is 2. The highest BCUT2D eigenvalue weighted by atomic mass is 32.2. The summed E-state index contributed by atoms with van der Waals surface area (Å²) in [7, 11) is 1.48. The predicted octanol–water partition coefficient (Wildman–Crippen LogP) is 4.49. The first-order valence-electron chi connectivity index (χ1n) is 8.07. The van der Waals surface area contributed by atoms with Crippen molar-refractivity contribution in [2.75, 3.05) is 7.05 Å². The minimum absolute atomic E-state index is 0.262. The van der Waals surface area contributed by atoms with Crippen LogP contribution in [0.15, 0.2) is 59.6 Å². The van der Waals surface area contributed by atoms with Crippen LogP contribution in [0.1, 0.15) is 11.1 Å². The average molecular weight is 366 g/mol. The molecule has 6 heteroatoms. The maximum absolute atomic E-state index is 13.1. The second-order valence-corrected chi connectivity index (χ2v) is 7.09. The molecule has 26 heavy (non-hydrogen) atoms. The lowest BCUT2D eigenvalue weighted by molar-refractivity contribution is -0.121. The van der Waals surface area contributed by atoms with Crippen molar-refractivity contribution in [2.45, 2.75) is 6.54 Å². The molecule has 2 amide bonds. The molecule has 3 aromatic rings. The van der Waals surface area contributed by atoms with Crippen LogP contribution in [0.4, 0.5) is 9.18 Å². The zero-order valence-corrected chi connectivity index (χ0v) is 14.8. The molecule has 0 bridgehead atoms. The number of carbonyl (C=O) groups is 2. The number of para-hydroxylation sites is 1. The van der Waals surface area contributed by atoms with E-state index >= 15 is 0 Å². The number of fused-ring (bicyclic) bond motifs is 1. The van der Waals surface area contributed by atoms with Gasteiger partial charge in [0.05, 0.1) is 4.91 Å². The molecular formula is C20H15FN2O2S. The van der Waals surface area contributed by atoms with E-state index in [0.29, 0.717) is 11.4 Å². The summed E-state index contributed by atoms with van der Waals surface area (Å²) in [4.78, 5) is 25.4. The Bertz CT molecular complexity index is 1050. The smallest absolute Gasteiger partial charge is 0.293 e. The number of aromatic nitrogens is 1. The van der Waals surface area contributed by atoms with Crippen molar-refractivity contribution in [1.29, 1.82) is 0 Å². The number of likely N-dealkylation sites (N-methyl/N-ethyl adjacent to an activating group) is 1. The number of hydrogen-bond donors (Lipinski definition) is 0. The number of thioether (sulfide) groups is 1. The third-order valence-corrected chi connectivity index (χ3v) is 5.32. The summed E-state index contributed by atoms with van der Waals surface area (Å²) in [5, 5.41) is 0.730. The maximum Gasteiger partial charge on any atom is 0.293 e. The zero-order valence-electron chi connectivity index (χ0n) is 14.0. The molecule has 1 fully saturated rings. The van der Waals surface area contributed by atoms with Gasteiger partial charge in [-0.2, -0.15) is 0 Å². The third kappa shape index (κ3) is 2.93. The Morgan fingerprint density at radius 1 is 1.08 bits per heavy atom. The van der Waals surface area contributed by atoms with E-state index in [2.05, 4.69) is 4.57 Å².